The van der Waals surface area contributed by atoms with Crippen LogP contribution in [0.5, 0.6) is 0 Å². The molecule has 1 aliphatic heterocycles. The Bertz CT molecular complexity index is 1200. The van der Waals surface area contributed by atoms with Crippen LogP contribution in [0.4, 0.5) is 28.9 Å². The molecule has 1 heterocycles. The van der Waals surface area contributed by atoms with E-state index in [-0.39, 0.29) is 10.8 Å². The normalized spacial score (nSPS) is 13.8. The molecule has 0 spiro atoms. The molecule has 0 aliphatic carbocycles. The predicted molar refractivity (Wildman–Crippen MR) is 134 cm³/mol. The number of halogens is 4. The minimum Gasteiger partial charge on any atom is -0.475 e. The summed E-state index contributed by atoms with van der Waals surface area (Å²) in [4.78, 5) is 25.4. The van der Waals surface area contributed by atoms with Gasteiger partial charge in [-0.2, -0.15) is 13.2 Å². The summed E-state index contributed by atoms with van der Waals surface area (Å²) in [6.07, 6.45) is -3.21. The number of carbonyl (C=O) groups is 2. The number of nitrogens with one attached hydrogen (secondary N) is 2. The first-order chi connectivity index (χ1) is 17.8. The monoisotopic (exact) mass is 562 g/mol. The number of amides is 1. The molecule has 0 radical (unpaired) electrons. The Morgan fingerprint density at radius 1 is 1.11 bits per heavy atom. The number of anilines is 2. The third kappa shape index (κ3) is 8.87. The summed E-state index contributed by atoms with van der Waals surface area (Å²) in [5, 5.41) is 10.4. The Morgan fingerprint density at radius 2 is 1.68 bits per heavy atom. The van der Waals surface area contributed by atoms with Crippen molar-refractivity contribution in [3.05, 3.63) is 53.8 Å². The molecule has 0 aromatic heterocycles. The average Bonchev–Trinajstić information content (AvgIpc) is 2.87. The third-order valence-corrected chi connectivity index (χ3v) is 6.89. The van der Waals surface area contributed by atoms with Gasteiger partial charge in [0.05, 0.1) is 16.3 Å². The lowest BCUT2D eigenvalue weighted by Crippen LogP contribution is -2.43. The highest BCUT2D eigenvalue weighted by molar-refractivity contribution is 7.92. The molecular formula is C24H30F4N4O5S. The number of piperazine rings is 1. The van der Waals surface area contributed by atoms with Crippen LogP contribution in [-0.2, 0) is 14.8 Å². The van der Waals surface area contributed by atoms with Crippen LogP contribution in [0.3, 0.4) is 0 Å². The van der Waals surface area contributed by atoms with Crippen molar-refractivity contribution < 1.29 is 40.7 Å². The molecule has 210 valence electrons. The summed E-state index contributed by atoms with van der Waals surface area (Å²) in [6.45, 7) is 5.69. The van der Waals surface area contributed by atoms with Crippen molar-refractivity contribution in [3.8, 4) is 0 Å². The van der Waals surface area contributed by atoms with Crippen LogP contribution in [0, 0.1) is 5.82 Å². The number of alkyl halides is 3. The summed E-state index contributed by atoms with van der Waals surface area (Å²) in [7, 11) is -2.21. The number of unbranched alkanes of at least 4 members (excludes halogenated alkanes) is 1. The van der Waals surface area contributed by atoms with Gasteiger partial charge >= 0.3 is 12.1 Å². The van der Waals surface area contributed by atoms with Gasteiger partial charge in [-0.3, -0.25) is 9.52 Å². The maximum absolute atomic E-state index is 13.2. The summed E-state index contributed by atoms with van der Waals surface area (Å²) in [6, 6.07) is 9.75. The summed E-state index contributed by atoms with van der Waals surface area (Å²) < 4.78 is 73.5. The summed E-state index contributed by atoms with van der Waals surface area (Å²) >= 11 is 0. The van der Waals surface area contributed by atoms with E-state index in [1.807, 2.05) is 0 Å². The molecule has 14 heteroatoms. The second kappa shape index (κ2) is 13.4. The fourth-order valence-corrected chi connectivity index (χ4v) is 4.53. The van der Waals surface area contributed by atoms with E-state index in [1.165, 1.54) is 12.1 Å². The number of aliphatic carboxylic acids is 1. The number of hydrogen-bond acceptors (Lipinski definition) is 6. The molecule has 0 unspecified atom stereocenters. The summed E-state index contributed by atoms with van der Waals surface area (Å²) in [5.74, 6) is -3.43. The first kappa shape index (κ1) is 30.8. The van der Waals surface area contributed by atoms with Gasteiger partial charge in [-0.05, 0) is 48.9 Å². The fraction of sp³-hybridized carbons (Fsp3) is 0.417. The van der Waals surface area contributed by atoms with Gasteiger partial charge in [0.1, 0.15) is 5.82 Å². The highest BCUT2D eigenvalue weighted by Gasteiger charge is 2.38. The van der Waals surface area contributed by atoms with E-state index in [1.54, 1.807) is 30.1 Å². The van der Waals surface area contributed by atoms with Gasteiger partial charge in [-0.25, -0.2) is 17.6 Å². The number of rotatable bonds is 8. The first-order valence-electron chi connectivity index (χ1n) is 11.7. The molecule has 1 aliphatic rings. The van der Waals surface area contributed by atoms with Gasteiger partial charge in [0.25, 0.3) is 15.9 Å². The molecule has 3 rings (SSSR count). The Kier molecular flexibility index (Phi) is 10.9. The SMILES string of the molecule is CCCCN(C)C(=O)c1ccc(N2CCNCC2)c(NS(=O)(=O)c2ccc(F)cc2)c1.O=C(O)C(F)(F)F. The molecule has 38 heavy (non-hydrogen) atoms. The molecule has 1 fully saturated rings. The minimum atomic E-state index is -5.08. The van der Waals surface area contributed by atoms with Crippen molar-refractivity contribution >= 4 is 33.3 Å². The van der Waals surface area contributed by atoms with E-state index >= 15 is 0 Å². The van der Waals surface area contributed by atoms with Crippen LogP contribution in [0.25, 0.3) is 0 Å². The standard InChI is InChI=1S/C22H29FN4O3S.C2HF3O2/c1-3-4-13-26(2)22(28)17-5-10-21(27-14-11-24-12-15-27)20(16-17)25-31(29,30)19-8-6-18(23)7-9-19;3-2(4,5)1(6)7/h5-10,16,24-25H,3-4,11-15H2,1-2H3;(H,6,7). The van der Waals surface area contributed by atoms with E-state index in [0.717, 1.165) is 51.2 Å². The van der Waals surface area contributed by atoms with Crippen molar-refractivity contribution in [1.82, 2.24) is 10.2 Å². The molecule has 2 aromatic rings. The Hall–Kier alpha value is -3.39. The van der Waals surface area contributed by atoms with Gasteiger partial charge in [0.2, 0.25) is 0 Å². The number of benzene rings is 2. The van der Waals surface area contributed by atoms with Crippen molar-refractivity contribution in [2.45, 2.75) is 30.8 Å². The maximum atomic E-state index is 13.2. The molecule has 0 bridgehead atoms. The molecular weight excluding hydrogens is 532 g/mol. The minimum absolute atomic E-state index is 0.0445. The number of hydrogen-bond donors (Lipinski definition) is 3. The van der Waals surface area contributed by atoms with Gasteiger partial charge in [-0.1, -0.05) is 13.3 Å². The van der Waals surface area contributed by atoms with Crippen LogP contribution in [0.15, 0.2) is 47.4 Å². The lowest BCUT2D eigenvalue weighted by molar-refractivity contribution is -0.192. The largest absolute Gasteiger partial charge is 0.490 e. The van der Waals surface area contributed by atoms with E-state index < -0.39 is 28.0 Å². The van der Waals surface area contributed by atoms with E-state index in [0.29, 0.717) is 23.5 Å². The summed E-state index contributed by atoms with van der Waals surface area (Å²) in [5.41, 5.74) is 1.45. The number of carboxylic acid groups (broad SMARTS) is 1. The molecule has 9 nitrogen and oxygen atoms in total. The van der Waals surface area contributed by atoms with Gasteiger partial charge in [0, 0.05) is 45.3 Å². The highest BCUT2D eigenvalue weighted by Crippen LogP contribution is 2.30. The lowest BCUT2D eigenvalue weighted by Gasteiger charge is -2.31. The van der Waals surface area contributed by atoms with Crippen molar-refractivity contribution in [2.24, 2.45) is 0 Å². The average molecular weight is 563 g/mol. The number of carbonyl (C=O) groups excluding carboxylic acids is 1. The Labute approximate surface area is 218 Å². The van der Waals surface area contributed by atoms with Gasteiger partial charge in [0.15, 0.2) is 0 Å². The van der Waals surface area contributed by atoms with Gasteiger partial charge < -0.3 is 20.2 Å². The molecule has 2 aromatic carbocycles. The Balaban J connectivity index is 0.000000638. The Morgan fingerprint density at radius 3 is 2.21 bits per heavy atom. The smallest absolute Gasteiger partial charge is 0.475 e. The van der Waals surface area contributed by atoms with Crippen LogP contribution in [0.1, 0.15) is 30.1 Å². The second-order valence-electron chi connectivity index (χ2n) is 8.41. The highest BCUT2D eigenvalue weighted by atomic mass is 32.2. The molecule has 1 amide bonds. The maximum Gasteiger partial charge on any atom is 0.490 e. The zero-order valence-electron chi connectivity index (χ0n) is 20.9. The number of carboxylic acids is 1. The third-order valence-electron chi connectivity index (χ3n) is 5.51. The quantitative estimate of drug-likeness (QED) is 0.421. The van der Waals surface area contributed by atoms with Crippen molar-refractivity contribution in [3.63, 3.8) is 0 Å². The zero-order chi connectivity index (χ0) is 28.5. The van der Waals surface area contributed by atoms with E-state index in [4.69, 9.17) is 9.90 Å². The molecule has 1 saturated heterocycles. The van der Waals surface area contributed by atoms with E-state index in [2.05, 4.69) is 21.9 Å². The van der Waals surface area contributed by atoms with Crippen LogP contribution in [0.2, 0.25) is 0 Å². The van der Waals surface area contributed by atoms with Crippen LogP contribution < -0.4 is 14.9 Å². The zero-order valence-corrected chi connectivity index (χ0v) is 21.7. The molecule has 3 N–H and O–H groups in total. The second-order valence-corrected chi connectivity index (χ2v) is 10.1. The predicted octanol–water partition coefficient (Wildman–Crippen LogP) is 3.54. The topological polar surface area (TPSA) is 119 Å². The molecule has 0 saturated carbocycles. The lowest BCUT2D eigenvalue weighted by atomic mass is 10.1. The van der Waals surface area contributed by atoms with Crippen molar-refractivity contribution in [1.29, 1.82) is 0 Å². The molecule has 0 atom stereocenters. The fourth-order valence-electron chi connectivity index (χ4n) is 3.47. The number of nitrogens with zero attached hydrogens (tertiary/aromatic N) is 2. The van der Waals surface area contributed by atoms with Gasteiger partial charge in [-0.15, -0.1) is 0 Å². The first-order valence-corrected chi connectivity index (χ1v) is 13.2. The van der Waals surface area contributed by atoms with E-state index in [9.17, 15) is 30.8 Å². The van der Waals surface area contributed by atoms with Crippen molar-refractivity contribution in [2.75, 3.05) is 49.4 Å². The number of sulfonamides is 1. The van der Waals surface area contributed by atoms with Crippen LogP contribution >= 0.6 is 0 Å². The van der Waals surface area contributed by atoms with Crippen LogP contribution in [-0.4, -0.2) is 76.2 Å².